The van der Waals surface area contributed by atoms with E-state index < -0.39 is 17.4 Å². The largest absolute Gasteiger partial charge is 0.352 e. The third kappa shape index (κ3) is 2.74. The van der Waals surface area contributed by atoms with Crippen molar-refractivity contribution in [3.63, 3.8) is 0 Å². The number of nitrogens with zero attached hydrogens (tertiary/aromatic N) is 4. The van der Waals surface area contributed by atoms with Crippen molar-refractivity contribution >= 4 is 28.1 Å². The lowest BCUT2D eigenvalue weighted by Crippen LogP contribution is -2.28. The van der Waals surface area contributed by atoms with Crippen LogP contribution in [0.1, 0.15) is 0 Å². The molecule has 25 heavy (non-hydrogen) atoms. The summed E-state index contributed by atoms with van der Waals surface area (Å²) in [4.78, 5) is 28.7. The molecule has 4 aromatic rings. The van der Waals surface area contributed by atoms with Crippen molar-refractivity contribution in [1.82, 2.24) is 19.2 Å². The van der Waals surface area contributed by atoms with Crippen molar-refractivity contribution in [3.8, 4) is 0 Å². The van der Waals surface area contributed by atoms with Gasteiger partial charge in [0.1, 0.15) is 18.7 Å². The highest BCUT2D eigenvalue weighted by Gasteiger charge is 2.13. The number of aromatic nitrogens is 4. The maximum absolute atomic E-state index is 13.2. The monoisotopic (exact) mass is 337 g/mol. The van der Waals surface area contributed by atoms with Gasteiger partial charge in [0.2, 0.25) is 5.91 Å². The maximum Gasteiger partial charge on any atom is 0.352 e. The number of hydrogen-bond acceptors (Lipinski definition) is 4. The molecule has 0 aliphatic rings. The van der Waals surface area contributed by atoms with E-state index in [1.165, 1.54) is 28.9 Å². The van der Waals surface area contributed by atoms with E-state index in [9.17, 15) is 14.0 Å². The summed E-state index contributed by atoms with van der Waals surface area (Å²) < 4.78 is 15.5. The minimum absolute atomic E-state index is 0.286. The van der Waals surface area contributed by atoms with Gasteiger partial charge in [-0.25, -0.2) is 23.3 Å². The Morgan fingerprint density at radius 3 is 2.84 bits per heavy atom. The van der Waals surface area contributed by atoms with Crippen LogP contribution in [0.5, 0.6) is 0 Å². The first kappa shape index (κ1) is 15.0. The summed E-state index contributed by atoms with van der Waals surface area (Å²) in [5.74, 6) is -0.936. The Morgan fingerprint density at radius 2 is 2.00 bits per heavy atom. The highest BCUT2D eigenvalue weighted by molar-refractivity contribution is 5.92. The Kier molecular flexibility index (Phi) is 3.50. The van der Waals surface area contributed by atoms with Crippen molar-refractivity contribution < 1.29 is 9.18 Å². The van der Waals surface area contributed by atoms with E-state index in [2.05, 4.69) is 15.4 Å². The first-order chi connectivity index (χ1) is 12.1. The fourth-order valence-corrected chi connectivity index (χ4v) is 2.61. The van der Waals surface area contributed by atoms with Crippen LogP contribution >= 0.6 is 0 Å². The average Bonchev–Trinajstić information content (AvgIpc) is 2.91. The summed E-state index contributed by atoms with van der Waals surface area (Å²) in [6.07, 6.45) is 1.38. The topological polar surface area (TPSA) is 81.3 Å². The number of carbonyl (C=O) groups excluding carboxylic acids is 1. The molecule has 0 radical (unpaired) electrons. The van der Waals surface area contributed by atoms with Crippen molar-refractivity contribution in [2.75, 3.05) is 5.32 Å². The predicted octanol–water partition coefficient (Wildman–Crippen LogP) is 1.82. The minimum atomic E-state index is -0.478. The number of halogens is 1. The molecule has 1 amide bonds. The second kappa shape index (κ2) is 5.82. The summed E-state index contributed by atoms with van der Waals surface area (Å²) in [5.41, 5.74) is 0.974. The molecule has 0 aliphatic heterocycles. The Bertz CT molecular complexity index is 1160. The summed E-state index contributed by atoms with van der Waals surface area (Å²) in [5, 5.41) is 7.48. The maximum atomic E-state index is 13.2. The molecule has 2 heterocycles. The van der Waals surface area contributed by atoms with Crippen LogP contribution < -0.4 is 11.0 Å². The Labute approximate surface area is 140 Å². The zero-order valence-corrected chi connectivity index (χ0v) is 12.9. The van der Waals surface area contributed by atoms with Crippen molar-refractivity contribution in [2.24, 2.45) is 0 Å². The Balaban J connectivity index is 1.67. The van der Waals surface area contributed by atoms with Gasteiger partial charge in [-0.2, -0.15) is 0 Å². The van der Waals surface area contributed by atoms with Crippen LogP contribution in [0.3, 0.4) is 0 Å². The van der Waals surface area contributed by atoms with E-state index in [-0.39, 0.29) is 6.54 Å². The van der Waals surface area contributed by atoms with Gasteiger partial charge in [-0.05, 0) is 30.3 Å². The molecule has 0 saturated carbocycles. The minimum Gasteiger partial charge on any atom is -0.324 e. The van der Waals surface area contributed by atoms with E-state index in [0.717, 1.165) is 4.68 Å². The first-order valence-corrected chi connectivity index (χ1v) is 7.50. The van der Waals surface area contributed by atoms with Crippen LogP contribution in [0.25, 0.3) is 16.6 Å². The predicted molar refractivity (Wildman–Crippen MR) is 89.8 cm³/mol. The second-order valence-corrected chi connectivity index (χ2v) is 5.45. The zero-order chi connectivity index (χ0) is 17.4. The normalized spacial score (nSPS) is 11.1. The fourth-order valence-electron chi connectivity index (χ4n) is 2.61. The second-order valence-electron chi connectivity index (χ2n) is 5.45. The van der Waals surface area contributed by atoms with E-state index in [0.29, 0.717) is 22.2 Å². The van der Waals surface area contributed by atoms with Gasteiger partial charge in [0.25, 0.3) is 0 Å². The molecule has 0 fully saturated rings. The number of nitrogens with one attached hydrogen (secondary N) is 1. The lowest BCUT2D eigenvalue weighted by Gasteiger charge is -2.04. The molecule has 4 rings (SSSR count). The van der Waals surface area contributed by atoms with Crippen LogP contribution in [0.2, 0.25) is 0 Å². The lowest BCUT2D eigenvalue weighted by molar-refractivity contribution is -0.117. The quantitative estimate of drug-likeness (QED) is 0.618. The first-order valence-electron chi connectivity index (χ1n) is 7.50. The van der Waals surface area contributed by atoms with Gasteiger partial charge < -0.3 is 5.32 Å². The van der Waals surface area contributed by atoms with Crippen LogP contribution in [0.15, 0.2) is 59.7 Å². The molecule has 0 unspecified atom stereocenters. The van der Waals surface area contributed by atoms with Gasteiger partial charge >= 0.3 is 5.69 Å². The van der Waals surface area contributed by atoms with Gasteiger partial charge in [0, 0.05) is 11.1 Å². The van der Waals surface area contributed by atoms with Crippen LogP contribution in [0, 0.1) is 5.82 Å². The molecule has 0 saturated heterocycles. The molecule has 0 bridgehead atoms. The van der Waals surface area contributed by atoms with Gasteiger partial charge in [-0.1, -0.05) is 18.2 Å². The number of fused-ring (bicyclic) bond motifs is 3. The smallest absolute Gasteiger partial charge is 0.324 e. The van der Waals surface area contributed by atoms with E-state index >= 15 is 0 Å². The van der Waals surface area contributed by atoms with Crippen molar-refractivity contribution in [2.45, 2.75) is 6.54 Å². The summed E-state index contributed by atoms with van der Waals surface area (Å²) in [6.45, 7) is -0.286. The van der Waals surface area contributed by atoms with Crippen LogP contribution in [0.4, 0.5) is 10.1 Å². The highest BCUT2D eigenvalue weighted by atomic mass is 19.1. The molecule has 0 atom stereocenters. The number of anilines is 1. The van der Waals surface area contributed by atoms with Gasteiger partial charge in [-0.15, -0.1) is 5.10 Å². The Morgan fingerprint density at radius 1 is 1.16 bits per heavy atom. The lowest BCUT2D eigenvalue weighted by atomic mass is 10.2. The van der Waals surface area contributed by atoms with Gasteiger partial charge in [0.05, 0.1) is 5.52 Å². The third-order valence-corrected chi connectivity index (χ3v) is 3.73. The number of amides is 1. The number of benzene rings is 2. The summed E-state index contributed by atoms with van der Waals surface area (Å²) in [6, 6.07) is 12.8. The SMILES string of the molecule is O=C(Cn1nc2c3ccccc3ncn2c1=O)Nc1cccc(F)c1. The molecule has 0 aliphatic carbocycles. The molecular weight excluding hydrogens is 325 g/mol. The summed E-state index contributed by atoms with van der Waals surface area (Å²) in [7, 11) is 0. The average molecular weight is 337 g/mol. The molecule has 1 N–H and O–H groups in total. The Hall–Kier alpha value is -3.55. The molecule has 8 heteroatoms. The molecule has 124 valence electrons. The number of rotatable bonds is 3. The molecule has 7 nitrogen and oxygen atoms in total. The van der Waals surface area contributed by atoms with Gasteiger partial charge in [0.15, 0.2) is 5.65 Å². The van der Waals surface area contributed by atoms with E-state index in [4.69, 9.17) is 0 Å². The number of hydrogen-bond donors (Lipinski definition) is 1. The van der Waals surface area contributed by atoms with E-state index in [1.807, 2.05) is 18.2 Å². The third-order valence-electron chi connectivity index (χ3n) is 3.73. The van der Waals surface area contributed by atoms with Gasteiger partial charge in [-0.3, -0.25) is 4.79 Å². The van der Waals surface area contributed by atoms with E-state index in [1.54, 1.807) is 12.1 Å². The van der Waals surface area contributed by atoms with Crippen LogP contribution in [-0.4, -0.2) is 25.1 Å². The highest BCUT2D eigenvalue weighted by Crippen LogP contribution is 2.14. The fraction of sp³-hybridized carbons (Fsp3) is 0.0588. The number of para-hydroxylation sites is 1. The summed E-state index contributed by atoms with van der Waals surface area (Å²) >= 11 is 0. The van der Waals surface area contributed by atoms with Crippen molar-refractivity contribution in [3.05, 3.63) is 71.2 Å². The number of carbonyl (C=O) groups is 1. The van der Waals surface area contributed by atoms with Crippen LogP contribution in [-0.2, 0) is 11.3 Å². The molecular formula is C17H12FN5O2. The molecule has 2 aromatic carbocycles. The molecule has 0 spiro atoms. The van der Waals surface area contributed by atoms with Crippen molar-refractivity contribution in [1.29, 1.82) is 0 Å². The molecule has 2 aromatic heterocycles. The standard InChI is InChI=1S/C17H12FN5O2/c18-11-4-3-5-12(8-11)20-15(24)9-23-17(25)22-10-19-14-7-2-1-6-13(14)16(22)21-23/h1-8,10H,9H2,(H,20,24). The zero-order valence-electron chi connectivity index (χ0n) is 12.9.